The van der Waals surface area contributed by atoms with E-state index in [1.54, 1.807) is 12.3 Å². The lowest BCUT2D eigenvalue weighted by Gasteiger charge is -2.26. The number of hydrogen-bond donors (Lipinski definition) is 3. The lowest BCUT2D eigenvalue weighted by atomic mass is 9.86. The first-order valence-electron chi connectivity index (χ1n) is 6.77. The highest BCUT2D eigenvalue weighted by Gasteiger charge is 2.26. The van der Waals surface area contributed by atoms with Gasteiger partial charge in [-0.2, -0.15) is 0 Å². The molecule has 1 fully saturated rings. The van der Waals surface area contributed by atoms with Crippen molar-refractivity contribution in [3.05, 3.63) is 24.0 Å². The first kappa shape index (κ1) is 14.3. The van der Waals surface area contributed by atoms with Gasteiger partial charge in [-0.25, -0.2) is 4.79 Å². The number of carboxylic acid groups (broad SMARTS) is 1. The van der Waals surface area contributed by atoms with Crippen LogP contribution >= 0.6 is 0 Å². The van der Waals surface area contributed by atoms with Gasteiger partial charge in [0.15, 0.2) is 0 Å². The van der Waals surface area contributed by atoms with E-state index in [1.807, 2.05) is 13.0 Å². The Labute approximate surface area is 117 Å². The number of anilines is 1. The molecule has 108 valence electrons. The SMILES string of the molecule is Cc1ccc(NC(=O)NC2CCC(C(=O)O)CC2)cn1. The Morgan fingerprint density at radius 2 is 1.95 bits per heavy atom. The maximum absolute atomic E-state index is 11.8. The van der Waals surface area contributed by atoms with Crippen molar-refractivity contribution in [2.75, 3.05) is 5.32 Å². The molecule has 1 aliphatic rings. The van der Waals surface area contributed by atoms with Crippen LogP contribution < -0.4 is 10.6 Å². The van der Waals surface area contributed by atoms with Gasteiger partial charge in [0.25, 0.3) is 0 Å². The number of pyridine rings is 1. The summed E-state index contributed by atoms with van der Waals surface area (Å²) >= 11 is 0. The summed E-state index contributed by atoms with van der Waals surface area (Å²) in [5, 5.41) is 14.5. The van der Waals surface area contributed by atoms with Crippen LogP contribution in [-0.4, -0.2) is 28.1 Å². The van der Waals surface area contributed by atoms with E-state index in [1.165, 1.54) is 0 Å². The zero-order chi connectivity index (χ0) is 14.5. The van der Waals surface area contributed by atoms with E-state index in [0.717, 1.165) is 5.69 Å². The second kappa shape index (κ2) is 6.36. The minimum Gasteiger partial charge on any atom is -0.481 e. The monoisotopic (exact) mass is 277 g/mol. The van der Waals surface area contributed by atoms with Gasteiger partial charge < -0.3 is 15.7 Å². The highest BCUT2D eigenvalue weighted by molar-refractivity contribution is 5.89. The largest absolute Gasteiger partial charge is 0.481 e. The number of carboxylic acids is 1. The van der Waals surface area contributed by atoms with Crippen molar-refractivity contribution in [1.82, 2.24) is 10.3 Å². The number of amides is 2. The van der Waals surface area contributed by atoms with Crippen molar-refractivity contribution >= 4 is 17.7 Å². The van der Waals surface area contributed by atoms with Gasteiger partial charge in [0, 0.05) is 11.7 Å². The van der Waals surface area contributed by atoms with Gasteiger partial charge in [-0.15, -0.1) is 0 Å². The molecule has 0 bridgehead atoms. The Bertz CT molecular complexity index is 479. The van der Waals surface area contributed by atoms with E-state index in [-0.39, 0.29) is 18.0 Å². The van der Waals surface area contributed by atoms with E-state index in [9.17, 15) is 9.59 Å². The number of hydrogen-bond acceptors (Lipinski definition) is 3. The number of aliphatic carboxylic acids is 1. The van der Waals surface area contributed by atoms with E-state index in [4.69, 9.17) is 5.11 Å². The van der Waals surface area contributed by atoms with Gasteiger partial charge in [-0.1, -0.05) is 0 Å². The van der Waals surface area contributed by atoms with Crippen LogP contribution in [0.1, 0.15) is 31.4 Å². The normalized spacial score (nSPS) is 22.1. The molecule has 1 aromatic rings. The summed E-state index contributed by atoms with van der Waals surface area (Å²) in [6, 6.07) is 3.40. The molecular formula is C14H19N3O3. The predicted octanol–water partition coefficient (Wildman–Crippen LogP) is 2.15. The van der Waals surface area contributed by atoms with Crippen LogP contribution in [0.25, 0.3) is 0 Å². The zero-order valence-electron chi connectivity index (χ0n) is 11.4. The molecule has 1 saturated carbocycles. The molecule has 6 heteroatoms. The Morgan fingerprint density at radius 1 is 1.25 bits per heavy atom. The van der Waals surface area contributed by atoms with E-state index in [2.05, 4.69) is 15.6 Å². The fourth-order valence-corrected chi connectivity index (χ4v) is 2.38. The van der Waals surface area contributed by atoms with Crippen LogP contribution in [0, 0.1) is 12.8 Å². The zero-order valence-corrected chi connectivity index (χ0v) is 11.4. The fourth-order valence-electron chi connectivity index (χ4n) is 2.38. The highest BCUT2D eigenvalue weighted by atomic mass is 16.4. The number of rotatable bonds is 3. The van der Waals surface area contributed by atoms with Crippen LogP contribution in [0.3, 0.4) is 0 Å². The van der Waals surface area contributed by atoms with Gasteiger partial charge >= 0.3 is 12.0 Å². The van der Waals surface area contributed by atoms with Crippen LogP contribution in [0.5, 0.6) is 0 Å². The second-order valence-corrected chi connectivity index (χ2v) is 5.17. The average Bonchev–Trinajstić information content (AvgIpc) is 2.42. The Balaban J connectivity index is 1.78. The lowest BCUT2D eigenvalue weighted by Crippen LogP contribution is -2.41. The summed E-state index contributed by atoms with van der Waals surface area (Å²) in [6.07, 6.45) is 4.25. The Hall–Kier alpha value is -2.11. The summed E-state index contributed by atoms with van der Waals surface area (Å²) in [5.74, 6) is -1.00. The van der Waals surface area contributed by atoms with Crippen molar-refractivity contribution in [3.8, 4) is 0 Å². The standard InChI is InChI=1S/C14H19N3O3/c1-9-2-5-12(8-15-9)17-14(20)16-11-6-3-10(4-7-11)13(18)19/h2,5,8,10-11H,3-4,6-7H2,1H3,(H,18,19)(H2,16,17,20). The molecule has 0 saturated heterocycles. The van der Waals surface area contributed by atoms with Crippen molar-refractivity contribution < 1.29 is 14.7 Å². The van der Waals surface area contributed by atoms with Gasteiger partial charge in [0.05, 0.1) is 17.8 Å². The third-order valence-electron chi connectivity index (χ3n) is 3.58. The van der Waals surface area contributed by atoms with Gasteiger partial charge in [0.2, 0.25) is 0 Å². The molecule has 6 nitrogen and oxygen atoms in total. The quantitative estimate of drug-likeness (QED) is 0.789. The molecule has 0 aromatic carbocycles. The molecule has 0 unspecified atom stereocenters. The predicted molar refractivity (Wildman–Crippen MR) is 74.5 cm³/mol. The molecule has 2 amide bonds. The molecule has 0 radical (unpaired) electrons. The average molecular weight is 277 g/mol. The molecule has 3 N–H and O–H groups in total. The van der Waals surface area contributed by atoms with Gasteiger partial charge in [-0.3, -0.25) is 9.78 Å². The van der Waals surface area contributed by atoms with Crippen LogP contribution in [0.2, 0.25) is 0 Å². The summed E-state index contributed by atoms with van der Waals surface area (Å²) in [4.78, 5) is 26.8. The third-order valence-corrected chi connectivity index (χ3v) is 3.58. The molecule has 1 heterocycles. The summed E-state index contributed by atoms with van der Waals surface area (Å²) in [5.41, 5.74) is 1.54. The van der Waals surface area contributed by atoms with E-state index >= 15 is 0 Å². The van der Waals surface area contributed by atoms with Gasteiger partial charge in [0.1, 0.15) is 0 Å². The van der Waals surface area contributed by atoms with E-state index < -0.39 is 5.97 Å². The number of aromatic nitrogens is 1. The molecule has 2 rings (SSSR count). The van der Waals surface area contributed by atoms with Crippen molar-refractivity contribution in [2.24, 2.45) is 5.92 Å². The first-order valence-corrected chi connectivity index (χ1v) is 6.77. The minimum absolute atomic E-state index is 0.0454. The molecule has 1 aromatic heterocycles. The number of aryl methyl sites for hydroxylation is 1. The summed E-state index contributed by atoms with van der Waals surface area (Å²) in [6.45, 7) is 1.88. The van der Waals surface area contributed by atoms with E-state index in [0.29, 0.717) is 31.4 Å². The summed E-state index contributed by atoms with van der Waals surface area (Å²) < 4.78 is 0. The third kappa shape index (κ3) is 3.94. The Kier molecular flexibility index (Phi) is 4.55. The first-order chi connectivity index (χ1) is 9.54. The van der Waals surface area contributed by atoms with Crippen molar-refractivity contribution in [2.45, 2.75) is 38.6 Å². The topological polar surface area (TPSA) is 91.3 Å². The van der Waals surface area contributed by atoms with Crippen LogP contribution in [0.4, 0.5) is 10.5 Å². The molecule has 0 aliphatic heterocycles. The maximum atomic E-state index is 11.8. The maximum Gasteiger partial charge on any atom is 0.319 e. The Morgan fingerprint density at radius 3 is 2.50 bits per heavy atom. The molecule has 0 spiro atoms. The summed E-state index contributed by atoms with van der Waals surface area (Å²) in [7, 11) is 0. The number of nitrogens with zero attached hydrogens (tertiary/aromatic N) is 1. The van der Waals surface area contributed by atoms with Crippen molar-refractivity contribution in [1.29, 1.82) is 0 Å². The number of nitrogens with one attached hydrogen (secondary N) is 2. The van der Waals surface area contributed by atoms with Crippen LogP contribution in [0.15, 0.2) is 18.3 Å². The van der Waals surface area contributed by atoms with Crippen LogP contribution in [-0.2, 0) is 4.79 Å². The minimum atomic E-state index is -0.737. The van der Waals surface area contributed by atoms with Gasteiger partial charge in [-0.05, 0) is 44.7 Å². The second-order valence-electron chi connectivity index (χ2n) is 5.17. The molecule has 1 aliphatic carbocycles. The van der Waals surface area contributed by atoms with Crippen molar-refractivity contribution in [3.63, 3.8) is 0 Å². The smallest absolute Gasteiger partial charge is 0.319 e. The lowest BCUT2D eigenvalue weighted by molar-refractivity contribution is -0.142. The highest BCUT2D eigenvalue weighted by Crippen LogP contribution is 2.24. The molecule has 20 heavy (non-hydrogen) atoms. The molecular weight excluding hydrogens is 258 g/mol. The number of urea groups is 1. The fraction of sp³-hybridized carbons (Fsp3) is 0.500. The molecule has 0 atom stereocenters. The number of carbonyl (C=O) groups is 2. The number of carbonyl (C=O) groups excluding carboxylic acids is 1.